The molecule has 1 aromatic rings. The van der Waals surface area contributed by atoms with Gasteiger partial charge in [-0.25, -0.2) is 4.79 Å². The van der Waals surface area contributed by atoms with Crippen molar-refractivity contribution in [2.24, 2.45) is 56.7 Å². The number of fused-ring (bicyclic) bond motifs is 7. The number of hydrogen-bond donors (Lipinski definition) is 2. The highest BCUT2D eigenvalue weighted by Crippen LogP contribution is 2.77. The molecule has 0 radical (unpaired) electrons. The summed E-state index contributed by atoms with van der Waals surface area (Å²) in [5, 5.41) is 13.0. The van der Waals surface area contributed by atoms with Crippen molar-refractivity contribution in [2.45, 2.75) is 92.4 Å². The molecule has 0 saturated heterocycles. The number of carbonyl (C=O) groups excluding carboxylic acids is 1. The van der Waals surface area contributed by atoms with Gasteiger partial charge in [0.15, 0.2) is 0 Å². The molecular formula is C46H72N4O3. The Morgan fingerprint density at radius 3 is 2.13 bits per heavy atom. The molecule has 0 bridgehead atoms. The van der Waals surface area contributed by atoms with E-state index in [4.69, 9.17) is 6.58 Å². The minimum Gasteiger partial charge on any atom is -0.478 e. The second-order valence-corrected chi connectivity index (χ2v) is 20.2. The molecule has 2 N–H and O–H groups in total. The number of carbonyl (C=O) groups is 2. The van der Waals surface area contributed by atoms with E-state index in [9.17, 15) is 14.7 Å². The zero-order valence-electron chi connectivity index (χ0n) is 35.0. The molecule has 9 atom stereocenters. The number of nitrogens with zero attached hydrogens (tertiary/aromatic N) is 3. The molecule has 0 aromatic heterocycles. The summed E-state index contributed by atoms with van der Waals surface area (Å²) in [6.45, 7) is 22.2. The maximum atomic E-state index is 14.6. The smallest absolute Gasteiger partial charge is 0.335 e. The van der Waals surface area contributed by atoms with Crippen molar-refractivity contribution in [1.29, 1.82) is 0 Å². The van der Waals surface area contributed by atoms with Crippen LogP contribution in [0.3, 0.4) is 0 Å². The summed E-state index contributed by atoms with van der Waals surface area (Å²) in [6.07, 6.45) is 12.6. The van der Waals surface area contributed by atoms with Crippen molar-refractivity contribution in [3.63, 3.8) is 0 Å². The van der Waals surface area contributed by atoms with Crippen LogP contribution in [-0.4, -0.2) is 99.6 Å². The standard InChI is InChI=1S/C46H72N4O3/c1-31(30-50(11)29-28-49(9)10)34-18-23-46(41(53)47-26-27-48(7)8)25-24-44(5)36(39(34)46)16-17-38-43(4)21-19-35(32-12-14-33(15-13-32)40(51)52)42(2,3)37(43)20-22-45(38,44)6/h12-15,19,34,36-39H,1,16-18,20-30H2,2-11H3,(H,47,53)(H,51,52)/t34-,36+,37-,38+,39+,43-,44+,45+,46-/m0/s1. The molecule has 0 aliphatic heterocycles. The average molecular weight is 729 g/mol. The molecule has 53 heavy (non-hydrogen) atoms. The summed E-state index contributed by atoms with van der Waals surface area (Å²) in [5.41, 5.74) is 4.43. The van der Waals surface area contributed by atoms with Crippen molar-refractivity contribution in [3.8, 4) is 0 Å². The van der Waals surface area contributed by atoms with Crippen molar-refractivity contribution < 1.29 is 14.7 Å². The third kappa shape index (κ3) is 6.67. The van der Waals surface area contributed by atoms with E-state index in [2.05, 4.69) is 95.9 Å². The second kappa shape index (κ2) is 14.5. The van der Waals surface area contributed by atoms with E-state index in [-0.39, 0.29) is 27.1 Å². The molecule has 6 rings (SSSR count). The molecule has 7 heteroatoms. The molecule has 0 heterocycles. The Hall–Kier alpha value is -2.48. The van der Waals surface area contributed by atoms with Gasteiger partial charge in [0.25, 0.3) is 0 Å². The Morgan fingerprint density at radius 1 is 0.811 bits per heavy atom. The molecule has 7 nitrogen and oxygen atoms in total. The highest BCUT2D eigenvalue weighted by atomic mass is 16.4. The third-order valence-corrected chi connectivity index (χ3v) is 16.7. The average Bonchev–Trinajstić information content (AvgIpc) is 3.48. The topological polar surface area (TPSA) is 76.1 Å². The molecule has 294 valence electrons. The summed E-state index contributed by atoms with van der Waals surface area (Å²) in [7, 11) is 10.7. The van der Waals surface area contributed by atoms with Gasteiger partial charge < -0.3 is 25.1 Å². The van der Waals surface area contributed by atoms with Gasteiger partial charge in [-0.1, -0.05) is 65.0 Å². The van der Waals surface area contributed by atoms with E-state index in [1.165, 1.54) is 42.4 Å². The van der Waals surface area contributed by atoms with Crippen LogP contribution in [-0.2, 0) is 4.79 Å². The first-order valence-electron chi connectivity index (χ1n) is 20.8. The predicted octanol–water partition coefficient (Wildman–Crippen LogP) is 8.19. The highest BCUT2D eigenvalue weighted by Gasteiger charge is 2.71. The van der Waals surface area contributed by atoms with Gasteiger partial charge >= 0.3 is 5.97 Å². The molecule has 4 fully saturated rings. The molecule has 1 amide bonds. The van der Waals surface area contributed by atoms with E-state index in [0.717, 1.165) is 58.3 Å². The Balaban J connectivity index is 1.32. The molecule has 4 saturated carbocycles. The van der Waals surface area contributed by atoms with E-state index >= 15 is 0 Å². The van der Waals surface area contributed by atoms with Crippen molar-refractivity contribution in [1.82, 2.24) is 20.0 Å². The van der Waals surface area contributed by atoms with Crippen LogP contribution in [0.1, 0.15) is 108 Å². The minimum atomic E-state index is -0.873. The number of amides is 1. The van der Waals surface area contributed by atoms with Crippen molar-refractivity contribution in [2.75, 3.05) is 68.0 Å². The Labute approximate surface area is 322 Å². The zero-order chi connectivity index (χ0) is 38.7. The van der Waals surface area contributed by atoms with Gasteiger partial charge in [0.05, 0.1) is 11.0 Å². The number of hydrogen-bond acceptors (Lipinski definition) is 5. The molecule has 0 unspecified atom stereocenters. The maximum Gasteiger partial charge on any atom is 0.335 e. The molecular weight excluding hydrogens is 657 g/mol. The highest BCUT2D eigenvalue weighted by molar-refractivity contribution is 5.88. The van der Waals surface area contributed by atoms with Crippen LogP contribution in [0.5, 0.6) is 0 Å². The first-order chi connectivity index (χ1) is 24.8. The number of nitrogens with one attached hydrogen (secondary N) is 1. The number of likely N-dealkylation sites (N-methyl/N-ethyl adjacent to an activating group) is 3. The molecule has 5 aliphatic carbocycles. The van der Waals surface area contributed by atoms with E-state index in [0.29, 0.717) is 47.6 Å². The minimum absolute atomic E-state index is 0.0178. The van der Waals surface area contributed by atoms with Gasteiger partial charge in [-0.05, 0) is 168 Å². The summed E-state index contributed by atoms with van der Waals surface area (Å²) < 4.78 is 0. The molecule has 5 aliphatic rings. The summed E-state index contributed by atoms with van der Waals surface area (Å²) >= 11 is 0. The molecule has 0 spiro atoms. The molecule has 1 aromatic carbocycles. The van der Waals surface area contributed by atoms with E-state index in [1.807, 2.05) is 12.1 Å². The van der Waals surface area contributed by atoms with Gasteiger partial charge in [-0.3, -0.25) is 4.79 Å². The van der Waals surface area contributed by atoms with Crippen LogP contribution in [0, 0.1) is 56.7 Å². The summed E-state index contributed by atoms with van der Waals surface area (Å²) in [5.74, 6) is 1.82. The van der Waals surface area contributed by atoms with Gasteiger partial charge in [0.1, 0.15) is 0 Å². The lowest BCUT2D eigenvalue weighted by atomic mass is 9.32. The number of rotatable bonds is 12. The summed E-state index contributed by atoms with van der Waals surface area (Å²) in [4.78, 5) is 33.1. The van der Waals surface area contributed by atoms with Gasteiger partial charge in [0, 0.05) is 32.7 Å². The van der Waals surface area contributed by atoms with Crippen molar-refractivity contribution >= 4 is 17.4 Å². The number of carboxylic acid groups (broad SMARTS) is 1. The number of allylic oxidation sites excluding steroid dienone is 2. The Morgan fingerprint density at radius 2 is 1.49 bits per heavy atom. The van der Waals surface area contributed by atoms with Crippen LogP contribution in [0.2, 0.25) is 0 Å². The first kappa shape index (κ1) is 40.2. The van der Waals surface area contributed by atoms with Gasteiger partial charge in [0.2, 0.25) is 5.91 Å². The van der Waals surface area contributed by atoms with E-state index in [1.54, 1.807) is 12.1 Å². The van der Waals surface area contributed by atoms with Crippen molar-refractivity contribution in [3.05, 3.63) is 53.6 Å². The van der Waals surface area contributed by atoms with Crippen LogP contribution in [0.4, 0.5) is 0 Å². The zero-order valence-corrected chi connectivity index (χ0v) is 35.0. The third-order valence-electron chi connectivity index (χ3n) is 16.7. The van der Waals surface area contributed by atoms with Crippen LogP contribution < -0.4 is 5.32 Å². The lowest BCUT2D eigenvalue weighted by Crippen LogP contribution is -2.66. The lowest BCUT2D eigenvalue weighted by molar-refractivity contribution is -0.225. The predicted molar refractivity (Wildman–Crippen MR) is 218 cm³/mol. The fraction of sp³-hybridized carbons (Fsp3) is 0.739. The SMILES string of the molecule is C=C(CN(C)CCN(C)C)[C@@H]1CC[C@]2(C(=O)NCCN(C)C)CC[C@]3(C)[C@H](CC[C@@H]4[C@@]5(C)CC=C(c6ccc(C(=O)O)cc6)C(C)(C)[C@@H]5CC[C@]43C)[C@@H]12. The van der Waals surface area contributed by atoms with Crippen LogP contribution >= 0.6 is 0 Å². The monoisotopic (exact) mass is 729 g/mol. The maximum absolute atomic E-state index is 14.6. The van der Waals surface area contributed by atoms with Gasteiger partial charge in [-0.2, -0.15) is 0 Å². The normalized spacial score (nSPS) is 37.4. The van der Waals surface area contributed by atoms with Crippen LogP contribution in [0.15, 0.2) is 42.5 Å². The fourth-order valence-corrected chi connectivity index (χ4v) is 13.8. The van der Waals surface area contributed by atoms with Crippen LogP contribution in [0.25, 0.3) is 5.57 Å². The number of benzene rings is 1. The quantitative estimate of drug-likeness (QED) is 0.212. The largest absolute Gasteiger partial charge is 0.478 e. The van der Waals surface area contributed by atoms with E-state index < -0.39 is 5.97 Å². The fourth-order valence-electron chi connectivity index (χ4n) is 13.8. The second-order valence-electron chi connectivity index (χ2n) is 20.2. The Bertz CT molecular complexity index is 1580. The lowest BCUT2D eigenvalue weighted by Gasteiger charge is -2.72. The Kier molecular flexibility index (Phi) is 11.0. The summed E-state index contributed by atoms with van der Waals surface area (Å²) in [6, 6.07) is 7.58. The number of carboxylic acids is 1. The van der Waals surface area contributed by atoms with Gasteiger partial charge in [-0.15, -0.1) is 0 Å². The first-order valence-corrected chi connectivity index (χ1v) is 20.8. The number of aromatic carboxylic acids is 1.